The second kappa shape index (κ2) is 12.2. The Morgan fingerprint density at radius 3 is 2.51 bits per heavy atom. The number of rotatable bonds is 11. The van der Waals surface area contributed by atoms with Gasteiger partial charge in [-0.2, -0.15) is 18.3 Å². The topological polar surface area (TPSA) is 85.7 Å². The number of alkyl halides is 3. The van der Waals surface area contributed by atoms with E-state index in [0.29, 0.717) is 30.7 Å². The van der Waals surface area contributed by atoms with Crippen LogP contribution >= 0.6 is 0 Å². The van der Waals surface area contributed by atoms with E-state index in [2.05, 4.69) is 10.4 Å². The molecule has 0 saturated carbocycles. The number of aryl methyl sites for hydroxylation is 1. The Morgan fingerprint density at radius 2 is 1.81 bits per heavy atom. The molecule has 0 aliphatic carbocycles. The molecule has 37 heavy (non-hydrogen) atoms. The summed E-state index contributed by atoms with van der Waals surface area (Å²) in [5.41, 5.74) is 0.165. The molecule has 12 heteroatoms. The zero-order chi connectivity index (χ0) is 27.0. The van der Waals surface area contributed by atoms with Crippen molar-refractivity contribution in [3.63, 3.8) is 0 Å². The number of carbonyl (C=O) groups excluding carboxylic acids is 2. The van der Waals surface area contributed by atoms with E-state index in [0.717, 1.165) is 17.7 Å². The SMILES string of the molecule is Cc1ccc(OCCN(C)C(=O)Cn2cc(NC(=O)CCOc3ccc(F)cc3C(F)(F)F)cn2)cc1. The molecule has 0 unspecified atom stereocenters. The van der Waals surface area contributed by atoms with Gasteiger partial charge >= 0.3 is 6.18 Å². The monoisotopic (exact) mass is 522 g/mol. The second-order valence-electron chi connectivity index (χ2n) is 8.19. The molecular formula is C25H26F4N4O4. The highest BCUT2D eigenvalue weighted by Crippen LogP contribution is 2.36. The Balaban J connectivity index is 1.41. The summed E-state index contributed by atoms with van der Waals surface area (Å²) >= 11 is 0. The summed E-state index contributed by atoms with van der Waals surface area (Å²) in [7, 11) is 1.64. The zero-order valence-electron chi connectivity index (χ0n) is 20.2. The van der Waals surface area contributed by atoms with E-state index in [9.17, 15) is 27.2 Å². The van der Waals surface area contributed by atoms with Crippen LogP contribution in [0.5, 0.6) is 11.5 Å². The lowest BCUT2D eigenvalue weighted by Gasteiger charge is -2.17. The first-order valence-electron chi connectivity index (χ1n) is 11.3. The number of hydrogen-bond acceptors (Lipinski definition) is 5. The molecule has 2 amide bonds. The minimum Gasteiger partial charge on any atom is -0.492 e. The minimum atomic E-state index is -4.80. The fraction of sp³-hybridized carbons (Fsp3) is 0.320. The van der Waals surface area contributed by atoms with E-state index in [1.807, 2.05) is 31.2 Å². The molecule has 0 radical (unpaired) electrons. The van der Waals surface area contributed by atoms with Crippen molar-refractivity contribution in [3.8, 4) is 11.5 Å². The number of nitrogens with one attached hydrogen (secondary N) is 1. The van der Waals surface area contributed by atoms with Gasteiger partial charge in [-0.05, 0) is 37.3 Å². The molecule has 0 aliphatic heterocycles. The van der Waals surface area contributed by atoms with Gasteiger partial charge in [0.25, 0.3) is 0 Å². The molecular weight excluding hydrogens is 496 g/mol. The van der Waals surface area contributed by atoms with E-state index in [-0.39, 0.29) is 25.5 Å². The number of amides is 2. The predicted molar refractivity (Wildman–Crippen MR) is 127 cm³/mol. The van der Waals surface area contributed by atoms with Gasteiger partial charge in [-0.3, -0.25) is 14.3 Å². The number of anilines is 1. The number of ether oxygens (including phenoxy) is 2. The summed E-state index contributed by atoms with van der Waals surface area (Å²) < 4.78 is 64.2. The molecule has 8 nitrogen and oxygen atoms in total. The highest BCUT2D eigenvalue weighted by molar-refractivity contribution is 5.90. The van der Waals surface area contributed by atoms with Gasteiger partial charge in [0.05, 0.1) is 31.5 Å². The van der Waals surface area contributed by atoms with Crippen molar-refractivity contribution >= 4 is 17.5 Å². The van der Waals surface area contributed by atoms with E-state index in [1.165, 1.54) is 22.0 Å². The fourth-order valence-corrected chi connectivity index (χ4v) is 3.16. The molecule has 3 rings (SSSR count). The largest absolute Gasteiger partial charge is 0.492 e. The fourth-order valence-electron chi connectivity index (χ4n) is 3.16. The van der Waals surface area contributed by atoms with E-state index >= 15 is 0 Å². The number of likely N-dealkylation sites (N-methyl/N-ethyl adjacent to an activating group) is 1. The van der Waals surface area contributed by atoms with Crippen LogP contribution in [0.15, 0.2) is 54.9 Å². The van der Waals surface area contributed by atoms with Crippen LogP contribution in [0.25, 0.3) is 0 Å². The predicted octanol–water partition coefficient (Wildman–Crippen LogP) is 4.29. The van der Waals surface area contributed by atoms with Gasteiger partial charge in [0.2, 0.25) is 11.8 Å². The first-order valence-corrected chi connectivity index (χ1v) is 11.3. The van der Waals surface area contributed by atoms with E-state index in [1.54, 1.807) is 7.05 Å². The lowest BCUT2D eigenvalue weighted by molar-refractivity contribution is -0.139. The molecule has 0 atom stereocenters. The molecule has 3 aromatic rings. The van der Waals surface area contributed by atoms with Crippen LogP contribution in [-0.4, -0.2) is 53.3 Å². The number of nitrogens with zero attached hydrogens (tertiary/aromatic N) is 3. The standard InChI is InChI=1S/C25H26F4N4O4/c1-17-3-6-20(7-4-17)36-12-10-32(2)24(35)16-33-15-19(14-30-33)31-23(34)9-11-37-22-8-5-18(26)13-21(22)25(27,28)29/h3-8,13-15H,9-12,16H2,1-2H3,(H,31,34). The van der Waals surface area contributed by atoms with Gasteiger partial charge in [0, 0.05) is 13.2 Å². The van der Waals surface area contributed by atoms with Crippen molar-refractivity contribution in [1.29, 1.82) is 0 Å². The average Bonchev–Trinajstić information content (AvgIpc) is 3.26. The van der Waals surface area contributed by atoms with Crippen LogP contribution in [0.1, 0.15) is 17.5 Å². The lowest BCUT2D eigenvalue weighted by Crippen LogP contribution is -2.33. The van der Waals surface area contributed by atoms with Crippen molar-refractivity contribution < 1.29 is 36.6 Å². The highest BCUT2D eigenvalue weighted by atomic mass is 19.4. The summed E-state index contributed by atoms with van der Waals surface area (Å²) in [6.45, 7) is 2.23. The average molecular weight is 522 g/mol. The van der Waals surface area contributed by atoms with Gasteiger partial charge in [-0.15, -0.1) is 0 Å². The summed E-state index contributed by atoms with van der Waals surface area (Å²) in [4.78, 5) is 26.1. The maximum atomic E-state index is 13.2. The van der Waals surface area contributed by atoms with Gasteiger partial charge < -0.3 is 19.7 Å². The molecule has 0 fully saturated rings. The smallest absolute Gasteiger partial charge is 0.420 e. The highest BCUT2D eigenvalue weighted by Gasteiger charge is 2.35. The summed E-state index contributed by atoms with van der Waals surface area (Å²) in [6, 6.07) is 9.61. The third kappa shape index (κ3) is 8.51. The van der Waals surface area contributed by atoms with E-state index in [4.69, 9.17) is 9.47 Å². The molecule has 0 aliphatic rings. The Bertz CT molecular complexity index is 1210. The molecule has 1 heterocycles. The summed E-state index contributed by atoms with van der Waals surface area (Å²) in [5, 5.41) is 6.57. The van der Waals surface area contributed by atoms with Crippen molar-refractivity contribution in [3.05, 3.63) is 71.8 Å². The third-order valence-corrected chi connectivity index (χ3v) is 5.19. The minimum absolute atomic E-state index is 0.0647. The maximum absolute atomic E-state index is 13.2. The molecule has 198 valence electrons. The Morgan fingerprint density at radius 1 is 1.08 bits per heavy atom. The quantitative estimate of drug-likeness (QED) is 0.380. The van der Waals surface area contributed by atoms with Crippen LogP contribution in [0.3, 0.4) is 0 Å². The first kappa shape index (κ1) is 27.5. The van der Waals surface area contributed by atoms with Crippen LogP contribution < -0.4 is 14.8 Å². The first-order chi connectivity index (χ1) is 17.5. The van der Waals surface area contributed by atoms with Gasteiger partial charge in [0.15, 0.2) is 0 Å². The number of aromatic nitrogens is 2. The zero-order valence-corrected chi connectivity index (χ0v) is 20.2. The normalized spacial score (nSPS) is 11.2. The number of carbonyl (C=O) groups is 2. The second-order valence-corrected chi connectivity index (χ2v) is 8.19. The summed E-state index contributed by atoms with van der Waals surface area (Å²) in [5.74, 6) is -1.66. The summed E-state index contributed by atoms with van der Waals surface area (Å²) in [6.07, 6.45) is -2.26. The Labute approximate surface area is 210 Å². The maximum Gasteiger partial charge on any atom is 0.420 e. The molecule has 2 aromatic carbocycles. The third-order valence-electron chi connectivity index (χ3n) is 5.19. The molecule has 0 bridgehead atoms. The Kier molecular flexibility index (Phi) is 9.10. The van der Waals surface area contributed by atoms with Crippen LogP contribution in [0, 0.1) is 12.7 Å². The number of benzene rings is 2. The van der Waals surface area contributed by atoms with Gasteiger partial charge in [-0.1, -0.05) is 17.7 Å². The van der Waals surface area contributed by atoms with Crippen LogP contribution in [0.4, 0.5) is 23.2 Å². The number of hydrogen-bond donors (Lipinski definition) is 1. The molecule has 0 saturated heterocycles. The lowest BCUT2D eigenvalue weighted by atomic mass is 10.2. The van der Waals surface area contributed by atoms with Gasteiger partial charge in [-0.25, -0.2) is 4.39 Å². The van der Waals surface area contributed by atoms with Crippen LogP contribution in [-0.2, 0) is 22.3 Å². The van der Waals surface area contributed by atoms with E-state index < -0.39 is 29.2 Å². The van der Waals surface area contributed by atoms with Crippen molar-refractivity contribution in [2.75, 3.05) is 32.1 Å². The van der Waals surface area contributed by atoms with Crippen molar-refractivity contribution in [2.45, 2.75) is 26.1 Å². The molecule has 1 aromatic heterocycles. The molecule has 0 spiro atoms. The van der Waals surface area contributed by atoms with Crippen LogP contribution in [0.2, 0.25) is 0 Å². The van der Waals surface area contributed by atoms with Gasteiger partial charge in [0.1, 0.15) is 36.0 Å². The van der Waals surface area contributed by atoms with Crippen molar-refractivity contribution in [2.24, 2.45) is 0 Å². The molecule has 1 N–H and O–H groups in total. The Hall–Kier alpha value is -4.09. The van der Waals surface area contributed by atoms with Crippen molar-refractivity contribution in [1.82, 2.24) is 14.7 Å². The number of halogens is 4.